The summed E-state index contributed by atoms with van der Waals surface area (Å²) < 4.78 is 4.94. The van der Waals surface area contributed by atoms with Gasteiger partial charge in [-0.2, -0.15) is 0 Å². The Balaban J connectivity index is 1.89. The third-order valence-corrected chi connectivity index (χ3v) is 4.66. The Morgan fingerprint density at radius 1 is 1.65 bits per heavy atom. The molecular weight excluding hydrogens is 274 g/mol. The molecule has 0 aliphatic carbocycles. The molecule has 0 amide bonds. The summed E-state index contributed by atoms with van der Waals surface area (Å²) in [5.41, 5.74) is 0.801. The lowest BCUT2D eigenvalue weighted by Crippen LogP contribution is -2.36. The molecule has 1 aliphatic rings. The Hall–Kier alpha value is -1.14. The zero-order chi connectivity index (χ0) is 14.5. The smallest absolute Gasteiger partial charge is 0.311 e. The minimum Gasteiger partial charge on any atom is -0.466 e. The quantitative estimate of drug-likeness (QED) is 0.749. The maximum atomic E-state index is 11.4. The van der Waals surface area contributed by atoms with Gasteiger partial charge >= 0.3 is 5.97 Å². The van der Waals surface area contributed by atoms with Gasteiger partial charge in [0, 0.05) is 25.0 Å². The second kappa shape index (κ2) is 7.04. The first-order chi connectivity index (χ1) is 9.60. The van der Waals surface area contributed by atoms with E-state index in [0.29, 0.717) is 12.6 Å². The predicted molar refractivity (Wildman–Crippen MR) is 81.4 cm³/mol. The number of hydrogen-bond acceptors (Lipinski definition) is 6. The number of anilines is 1. The Bertz CT molecular complexity index is 449. The monoisotopic (exact) mass is 297 g/mol. The highest BCUT2D eigenvalue weighted by Crippen LogP contribution is 2.23. The molecule has 6 heteroatoms. The molecule has 5 nitrogen and oxygen atoms in total. The van der Waals surface area contributed by atoms with Crippen LogP contribution in [0.4, 0.5) is 5.13 Å². The molecule has 1 aromatic rings. The van der Waals surface area contributed by atoms with Gasteiger partial charge in [-0.25, -0.2) is 4.98 Å². The van der Waals surface area contributed by atoms with Gasteiger partial charge in [-0.15, -0.1) is 11.3 Å². The zero-order valence-corrected chi connectivity index (χ0v) is 13.3. The molecule has 20 heavy (non-hydrogen) atoms. The molecule has 1 aliphatic heterocycles. The van der Waals surface area contributed by atoms with E-state index in [2.05, 4.69) is 28.9 Å². The molecule has 2 rings (SSSR count). The van der Waals surface area contributed by atoms with E-state index in [-0.39, 0.29) is 12.4 Å². The summed E-state index contributed by atoms with van der Waals surface area (Å²) in [5, 5.41) is 2.92. The Labute approximate surface area is 124 Å². The summed E-state index contributed by atoms with van der Waals surface area (Å²) in [6.07, 6.45) is 2.80. The highest BCUT2D eigenvalue weighted by atomic mass is 32.1. The maximum absolute atomic E-state index is 11.4. The number of ether oxygens (including phenoxy) is 1. The fraction of sp³-hybridized carbons (Fsp3) is 0.714. The van der Waals surface area contributed by atoms with Gasteiger partial charge in [-0.1, -0.05) is 0 Å². The van der Waals surface area contributed by atoms with Crippen LogP contribution in [-0.4, -0.2) is 55.7 Å². The number of carbonyl (C=O) groups is 1. The van der Waals surface area contributed by atoms with Gasteiger partial charge in [0.05, 0.1) is 18.7 Å². The molecular formula is C14H23N3O2S. The number of likely N-dealkylation sites (N-methyl/N-ethyl adjacent to an activating group) is 2. The SMILES string of the molecule is CCOC(=O)Cc1csc(N(C)CC2CCCN2C)n1. The predicted octanol–water partition coefficient (Wildman–Crippen LogP) is 1.78. The van der Waals surface area contributed by atoms with Gasteiger partial charge < -0.3 is 14.5 Å². The van der Waals surface area contributed by atoms with Crippen molar-refractivity contribution in [2.45, 2.75) is 32.2 Å². The van der Waals surface area contributed by atoms with Crippen molar-refractivity contribution in [2.24, 2.45) is 0 Å². The lowest BCUT2D eigenvalue weighted by atomic mass is 10.2. The van der Waals surface area contributed by atoms with E-state index < -0.39 is 0 Å². The normalized spacial score (nSPS) is 19.2. The molecule has 2 heterocycles. The van der Waals surface area contributed by atoms with Crippen LogP contribution in [0.2, 0.25) is 0 Å². The van der Waals surface area contributed by atoms with Crippen LogP contribution in [0.25, 0.3) is 0 Å². The highest BCUT2D eigenvalue weighted by molar-refractivity contribution is 7.13. The third-order valence-electron chi connectivity index (χ3n) is 3.65. The van der Waals surface area contributed by atoms with Crippen LogP contribution >= 0.6 is 11.3 Å². The molecule has 1 saturated heterocycles. The molecule has 1 aromatic heterocycles. The second-order valence-corrected chi connectivity index (χ2v) is 6.10. The van der Waals surface area contributed by atoms with Crippen LogP contribution in [0.5, 0.6) is 0 Å². The van der Waals surface area contributed by atoms with E-state index in [1.807, 2.05) is 12.3 Å². The summed E-state index contributed by atoms with van der Waals surface area (Å²) in [7, 11) is 4.25. The van der Waals surface area contributed by atoms with Crippen LogP contribution in [0.1, 0.15) is 25.5 Å². The molecule has 0 aromatic carbocycles. The average Bonchev–Trinajstić information content (AvgIpc) is 3.00. The standard InChI is InChI=1S/C14H23N3O2S/c1-4-19-13(18)8-11-10-20-14(15-11)17(3)9-12-6-5-7-16(12)2/h10,12H,4-9H2,1-3H3. The lowest BCUT2D eigenvalue weighted by Gasteiger charge is -2.25. The Morgan fingerprint density at radius 3 is 3.10 bits per heavy atom. The number of nitrogens with zero attached hydrogens (tertiary/aromatic N) is 3. The first kappa shape index (κ1) is 15.3. The first-order valence-electron chi connectivity index (χ1n) is 7.11. The summed E-state index contributed by atoms with van der Waals surface area (Å²) >= 11 is 1.59. The van der Waals surface area contributed by atoms with E-state index in [1.165, 1.54) is 19.4 Å². The summed E-state index contributed by atoms with van der Waals surface area (Å²) in [4.78, 5) is 20.6. The van der Waals surface area contributed by atoms with E-state index >= 15 is 0 Å². The van der Waals surface area contributed by atoms with Crippen molar-refractivity contribution in [2.75, 3.05) is 38.7 Å². The van der Waals surface area contributed by atoms with Gasteiger partial charge in [0.2, 0.25) is 0 Å². The fourth-order valence-corrected chi connectivity index (χ4v) is 3.32. The van der Waals surface area contributed by atoms with Gasteiger partial charge in [0.1, 0.15) is 0 Å². The summed E-state index contributed by atoms with van der Waals surface area (Å²) in [6, 6.07) is 0.609. The van der Waals surface area contributed by atoms with E-state index in [4.69, 9.17) is 4.74 Å². The van der Waals surface area contributed by atoms with Gasteiger partial charge in [0.15, 0.2) is 5.13 Å². The number of carbonyl (C=O) groups excluding carboxylic acids is 1. The van der Waals surface area contributed by atoms with Crippen molar-refractivity contribution in [3.63, 3.8) is 0 Å². The number of hydrogen-bond donors (Lipinski definition) is 0. The molecule has 1 atom stereocenters. The summed E-state index contributed by atoms with van der Waals surface area (Å²) in [6.45, 7) is 4.41. The molecule has 0 N–H and O–H groups in total. The molecule has 0 saturated carbocycles. The Morgan fingerprint density at radius 2 is 2.45 bits per heavy atom. The number of aromatic nitrogens is 1. The third kappa shape index (κ3) is 3.93. The van der Waals surface area contributed by atoms with Gasteiger partial charge in [-0.3, -0.25) is 4.79 Å². The topological polar surface area (TPSA) is 45.7 Å². The van der Waals surface area contributed by atoms with Crippen molar-refractivity contribution in [1.82, 2.24) is 9.88 Å². The maximum Gasteiger partial charge on any atom is 0.311 e. The zero-order valence-electron chi connectivity index (χ0n) is 12.5. The molecule has 0 spiro atoms. The highest BCUT2D eigenvalue weighted by Gasteiger charge is 2.23. The van der Waals surface area contributed by atoms with Crippen molar-refractivity contribution < 1.29 is 9.53 Å². The average molecular weight is 297 g/mol. The molecule has 1 unspecified atom stereocenters. The van der Waals surface area contributed by atoms with Crippen LogP contribution < -0.4 is 4.90 Å². The summed E-state index contributed by atoms with van der Waals surface area (Å²) in [5.74, 6) is -0.206. The van der Waals surface area contributed by atoms with Crippen LogP contribution in [0, 0.1) is 0 Å². The minimum atomic E-state index is -0.206. The second-order valence-electron chi connectivity index (χ2n) is 5.26. The van der Waals surface area contributed by atoms with Gasteiger partial charge in [-0.05, 0) is 33.4 Å². The van der Waals surface area contributed by atoms with Crippen LogP contribution in [0.15, 0.2) is 5.38 Å². The van der Waals surface area contributed by atoms with Crippen LogP contribution in [0.3, 0.4) is 0 Å². The molecule has 0 radical (unpaired) electrons. The van der Waals surface area contributed by atoms with Crippen LogP contribution in [-0.2, 0) is 16.0 Å². The number of esters is 1. The number of rotatable bonds is 6. The van der Waals surface area contributed by atoms with E-state index in [9.17, 15) is 4.79 Å². The van der Waals surface area contributed by atoms with Gasteiger partial charge in [0.25, 0.3) is 0 Å². The fourth-order valence-electron chi connectivity index (χ4n) is 2.52. The molecule has 0 bridgehead atoms. The first-order valence-corrected chi connectivity index (χ1v) is 7.99. The van der Waals surface area contributed by atoms with Crippen molar-refractivity contribution in [3.8, 4) is 0 Å². The molecule has 1 fully saturated rings. The van der Waals surface area contributed by atoms with E-state index in [0.717, 1.165) is 17.4 Å². The number of likely N-dealkylation sites (tertiary alicyclic amines) is 1. The molecule has 112 valence electrons. The van der Waals surface area contributed by atoms with Crippen molar-refractivity contribution in [3.05, 3.63) is 11.1 Å². The largest absolute Gasteiger partial charge is 0.466 e. The van der Waals surface area contributed by atoms with Crippen molar-refractivity contribution in [1.29, 1.82) is 0 Å². The Kier molecular flexibility index (Phi) is 5.37. The van der Waals surface area contributed by atoms with E-state index in [1.54, 1.807) is 11.3 Å². The van der Waals surface area contributed by atoms with Crippen molar-refractivity contribution >= 4 is 22.4 Å². The number of thiazole rings is 1. The minimum absolute atomic E-state index is 0.206. The lowest BCUT2D eigenvalue weighted by molar-refractivity contribution is -0.142.